The summed E-state index contributed by atoms with van der Waals surface area (Å²) in [5.41, 5.74) is 0.397. The van der Waals surface area contributed by atoms with Gasteiger partial charge in [0.25, 0.3) is 0 Å². The molecule has 1 heterocycles. The number of nitrogens with one attached hydrogen (secondary N) is 1. The molecule has 1 aliphatic rings. The van der Waals surface area contributed by atoms with E-state index in [-0.39, 0.29) is 12.1 Å². The van der Waals surface area contributed by atoms with Gasteiger partial charge in [-0.1, -0.05) is 12.1 Å². The Morgan fingerprint density at radius 3 is 2.95 bits per heavy atom. The smallest absolute Gasteiger partial charge is 0.163 e. The fraction of sp³-hybridized carbons (Fsp3) is 0.600. The van der Waals surface area contributed by atoms with Gasteiger partial charge in [-0.25, -0.2) is 8.78 Å². The number of ether oxygens (including phenoxy) is 1. The standard InChI is InChI=1S/C15H22F2N2O/c1-11-10-19(8-9-20-11)7-6-14(18-2)12-4-3-5-13(16)15(12)17/h3-5,11,14,18H,6-10H2,1-2H3. The van der Waals surface area contributed by atoms with E-state index in [0.717, 1.165) is 38.7 Å². The van der Waals surface area contributed by atoms with Gasteiger partial charge in [-0.3, -0.25) is 4.90 Å². The number of nitrogens with zero attached hydrogens (tertiary/aromatic N) is 1. The van der Waals surface area contributed by atoms with Crippen LogP contribution in [0.2, 0.25) is 0 Å². The summed E-state index contributed by atoms with van der Waals surface area (Å²) in [5.74, 6) is -1.54. The molecule has 1 fully saturated rings. The Bertz CT molecular complexity index is 442. The summed E-state index contributed by atoms with van der Waals surface area (Å²) in [5, 5.41) is 3.07. The lowest BCUT2D eigenvalue weighted by molar-refractivity contribution is -0.0192. The van der Waals surface area contributed by atoms with Crippen LogP contribution in [0.1, 0.15) is 24.9 Å². The average molecular weight is 284 g/mol. The van der Waals surface area contributed by atoms with Gasteiger partial charge in [0.2, 0.25) is 0 Å². The maximum Gasteiger partial charge on any atom is 0.163 e. The molecule has 0 saturated carbocycles. The van der Waals surface area contributed by atoms with Crippen LogP contribution in [0.25, 0.3) is 0 Å². The zero-order chi connectivity index (χ0) is 14.5. The molecular formula is C15H22F2N2O. The van der Waals surface area contributed by atoms with Gasteiger partial charge in [0.1, 0.15) is 0 Å². The first-order valence-electron chi connectivity index (χ1n) is 7.07. The highest BCUT2D eigenvalue weighted by atomic mass is 19.2. The highest BCUT2D eigenvalue weighted by Gasteiger charge is 2.20. The van der Waals surface area contributed by atoms with Crippen LogP contribution in [0, 0.1) is 11.6 Å². The van der Waals surface area contributed by atoms with E-state index < -0.39 is 11.6 Å². The molecule has 0 bridgehead atoms. The van der Waals surface area contributed by atoms with Gasteiger partial charge in [-0.2, -0.15) is 0 Å². The Hall–Kier alpha value is -1.04. The topological polar surface area (TPSA) is 24.5 Å². The zero-order valence-electron chi connectivity index (χ0n) is 12.0. The Balaban J connectivity index is 1.97. The number of rotatable bonds is 5. The highest BCUT2D eigenvalue weighted by molar-refractivity contribution is 5.22. The van der Waals surface area contributed by atoms with Crippen molar-refractivity contribution in [3.05, 3.63) is 35.4 Å². The maximum absolute atomic E-state index is 13.8. The molecule has 1 aliphatic heterocycles. The Kier molecular flexibility index (Phi) is 5.46. The third kappa shape index (κ3) is 3.75. The zero-order valence-corrected chi connectivity index (χ0v) is 12.0. The van der Waals surface area contributed by atoms with Crippen molar-refractivity contribution in [2.24, 2.45) is 0 Å². The van der Waals surface area contributed by atoms with Crippen LogP contribution >= 0.6 is 0 Å². The molecule has 112 valence electrons. The normalized spacial score (nSPS) is 21.9. The van der Waals surface area contributed by atoms with Crippen molar-refractivity contribution in [2.75, 3.05) is 33.3 Å². The van der Waals surface area contributed by atoms with Gasteiger partial charge < -0.3 is 10.1 Å². The highest BCUT2D eigenvalue weighted by Crippen LogP contribution is 2.22. The number of hydrogen-bond acceptors (Lipinski definition) is 3. The lowest BCUT2D eigenvalue weighted by Gasteiger charge is -2.32. The maximum atomic E-state index is 13.8. The Labute approximate surface area is 118 Å². The molecule has 0 aromatic heterocycles. The average Bonchev–Trinajstić information content (AvgIpc) is 2.44. The molecule has 20 heavy (non-hydrogen) atoms. The molecular weight excluding hydrogens is 262 g/mol. The lowest BCUT2D eigenvalue weighted by Crippen LogP contribution is -2.42. The van der Waals surface area contributed by atoms with E-state index in [9.17, 15) is 8.78 Å². The first-order chi connectivity index (χ1) is 9.61. The van der Waals surface area contributed by atoms with Crippen LogP contribution in [-0.2, 0) is 4.74 Å². The van der Waals surface area contributed by atoms with Crippen molar-refractivity contribution in [1.82, 2.24) is 10.2 Å². The Morgan fingerprint density at radius 2 is 2.25 bits per heavy atom. The summed E-state index contributed by atoms with van der Waals surface area (Å²) >= 11 is 0. The third-order valence-corrected chi connectivity index (χ3v) is 3.76. The minimum absolute atomic E-state index is 0.177. The van der Waals surface area contributed by atoms with Crippen molar-refractivity contribution in [3.63, 3.8) is 0 Å². The SMILES string of the molecule is CNC(CCN1CCOC(C)C1)c1cccc(F)c1F. The molecule has 3 nitrogen and oxygen atoms in total. The quantitative estimate of drug-likeness (QED) is 0.898. The molecule has 0 spiro atoms. The molecule has 2 rings (SSSR count). The molecule has 0 amide bonds. The van der Waals surface area contributed by atoms with Gasteiger partial charge in [-0.15, -0.1) is 0 Å². The minimum Gasteiger partial charge on any atom is -0.376 e. The molecule has 2 atom stereocenters. The van der Waals surface area contributed by atoms with Crippen LogP contribution in [0.4, 0.5) is 8.78 Å². The first-order valence-corrected chi connectivity index (χ1v) is 7.07. The van der Waals surface area contributed by atoms with Crippen LogP contribution in [-0.4, -0.2) is 44.3 Å². The van der Waals surface area contributed by atoms with E-state index in [0.29, 0.717) is 5.56 Å². The van der Waals surface area contributed by atoms with Crippen LogP contribution in [0.5, 0.6) is 0 Å². The van der Waals surface area contributed by atoms with Gasteiger partial charge >= 0.3 is 0 Å². The van der Waals surface area contributed by atoms with E-state index >= 15 is 0 Å². The fourth-order valence-corrected chi connectivity index (χ4v) is 2.65. The predicted octanol–water partition coefficient (Wildman–Crippen LogP) is 2.34. The van der Waals surface area contributed by atoms with Crippen LogP contribution < -0.4 is 5.32 Å². The van der Waals surface area contributed by atoms with E-state index in [1.54, 1.807) is 19.2 Å². The summed E-state index contributed by atoms with van der Waals surface area (Å²) in [6.07, 6.45) is 0.978. The first kappa shape index (κ1) is 15.4. The fourth-order valence-electron chi connectivity index (χ4n) is 2.65. The Morgan fingerprint density at radius 1 is 1.45 bits per heavy atom. The molecule has 1 N–H and O–H groups in total. The molecule has 2 unspecified atom stereocenters. The summed E-state index contributed by atoms with van der Waals surface area (Å²) in [7, 11) is 1.77. The van der Waals surface area contributed by atoms with Gasteiger partial charge in [-0.05, 0) is 26.5 Å². The minimum atomic E-state index is -0.789. The van der Waals surface area contributed by atoms with Gasteiger partial charge in [0, 0.05) is 31.2 Å². The predicted molar refractivity (Wildman–Crippen MR) is 74.6 cm³/mol. The number of hydrogen-bond donors (Lipinski definition) is 1. The second-order valence-electron chi connectivity index (χ2n) is 5.25. The van der Waals surface area contributed by atoms with E-state index in [1.165, 1.54) is 0 Å². The van der Waals surface area contributed by atoms with Crippen LogP contribution in [0.15, 0.2) is 18.2 Å². The van der Waals surface area contributed by atoms with Gasteiger partial charge in [0.05, 0.1) is 12.7 Å². The summed E-state index contributed by atoms with van der Waals surface area (Å²) in [6, 6.07) is 4.16. The van der Waals surface area contributed by atoms with E-state index in [4.69, 9.17) is 4.74 Å². The van der Waals surface area contributed by atoms with Crippen molar-refractivity contribution in [3.8, 4) is 0 Å². The van der Waals surface area contributed by atoms with Crippen molar-refractivity contribution < 1.29 is 13.5 Å². The second kappa shape index (κ2) is 7.11. The monoisotopic (exact) mass is 284 g/mol. The van der Waals surface area contributed by atoms with Crippen molar-refractivity contribution >= 4 is 0 Å². The molecule has 1 aromatic carbocycles. The summed E-state index contributed by atoms with van der Waals surface area (Å²) in [4.78, 5) is 2.30. The van der Waals surface area contributed by atoms with Gasteiger partial charge in [0.15, 0.2) is 11.6 Å². The molecule has 0 radical (unpaired) electrons. The molecule has 1 aromatic rings. The number of morpholine rings is 1. The summed E-state index contributed by atoms with van der Waals surface area (Å²) < 4.78 is 32.6. The number of halogens is 2. The van der Waals surface area contributed by atoms with Crippen molar-refractivity contribution in [2.45, 2.75) is 25.5 Å². The largest absolute Gasteiger partial charge is 0.376 e. The molecule has 1 saturated heterocycles. The molecule has 0 aliphatic carbocycles. The van der Waals surface area contributed by atoms with E-state index in [2.05, 4.69) is 10.2 Å². The molecule has 5 heteroatoms. The summed E-state index contributed by atoms with van der Waals surface area (Å²) in [6.45, 7) is 5.41. The second-order valence-corrected chi connectivity index (χ2v) is 5.25. The van der Waals surface area contributed by atoms with Crippen LogP contribution in [0.3, 0.4) is 0 Å². The lowest BCUT2D eigenvalue weighted by atomic mass is 10.0. The third-order valence-electron chi connectivity index (χ3n) is 3.76. The van der Waals surface area contributed by atoms with Crippen molar-refractivity contribution in [1.29, 1.82) is 0 Å². The van der Waals surface area contributed by atoms with E-state index in [1.807, 2.05) is 6.92 Å². The number of benzene rings is 1.